The van der Waals surface area contributed by atoms with E-state index in [1.54, 1.807) is 17.0 Å². The summed E-state index contributed by atoms with van der Waals surface area (Å²) in [5.74, 6) is 0.420. The van der Waals surface area contributed by atoms with Crippen LogP contribution in [-0.2, 0) is 11.4 Å². The van der Waals surface area contributed by atoms with E-state index in [-0.39, 0.29) is 11.6 Å². The molecule has 32 heavy (non-hydrogen) atoms. The van der Waals surface area contributed by atoms with Crippen LogP contribution in [0.25, 0.3) is 0 Å². The van der Waals surface area contributed by atoms with Gasteiger partial charge in [0.1, 0.15) is 24.0 Å². The normalized spacial score (nSPS) is 18.5. The van der Waals surface area contributed by atoms with Crippen molar-refractivity contribution < 1.29 is 13.9 Å². The monoisotopic (exact) mass is 655 g/mol. The summed E-state index contributed by atoms with van der Waals surface area (Å²) in [6, 6.07) is 12.4. The fourth-order valence-electron chi connectivity index (χ4n) is 4.22. The highest BCUT2D eigenvalue weighted by molar-refractivity contribution is 14.1. The Hall–Kier alpha value is -2.13. The Kier molecular flexibility index (Phi) is 6.76. The molecule has 0 saturated heterocycles. The summed E-state index contributed by atoms with van der Waals surface area (Å²) >= 11 is 4.41. The first-order valence-electron chi connectivity index (χ1n) is 10.1. The minimum atomic E-state index is -0.479. The molecule has 1 aliphatic carbocycles. The Balaban J connectivity index is 1.72. The number of allylic oxidation sites excluding steroid dienone is 3. The average Bonchev–Trinajstić information content (AvgIpc) is 2.77. The highest BCUT2D eigenvalue weighted by Crippen LogP contribution is 2.45. The number of ether oxygens (including phenoxy) is 1. The SMILES string of the molecule is CN1C(N)=C(C#N)[C@H](c2cc(I)c(OCc3ccc(F)cc3)c(I)c2)C2=C1CCCC2=O. The second-order valence-electron chi connectivity index (χ2n) is 7.77. The topological polar surface area (TPSA) is 79.3 Å². The van der Waals surface area contributed by atoms with E-state index >= 15 is 0 Å². The number of nitrogens with zero attached hydrogens (tertiary/aromatic N) is 2. The van der Waals surface area contributed by atoms with Crippen LogP contribution in [0, 0.1) is 24.3 Å². The molecule has 2 aliphatic rings. The Bertz CT molecular complexity index is 1180. The number of carbonyl (C=O) groups is 1. The number of hydrogen-bond donors (Lipinski definition) is 1. The molecule has 0 spiro atoms. The van der Waals surface area contributed by atoms with Crippen molar-refractivity contribution in [3.05, 3.63) is 83.1 Å². The zero-order valence-electron chi connectivity index (χ0n) is 17.3. The van der Waals surface area contributed by atoms with Crippen molar-refractivity contribution in [2.75, 3.05) is 7.05 Å². The number of nitrogens with two attached hydrogens (primary N) is 1. The molecule has 0 amide bonds. The van der Waals surface area contributed by atoms with E-state index in [0.29, 0.717) is 35.7 Å². The zero-order valence-corrected chi connectivity index (χ0v) is 21.6. The highest BCUT2D eigenvalue weighted by Gasteiger charge is 2.39. The van der Waals surface area contributed by atoms with Crippen LogP contribution in [0.4, 0.5) is 4.39 Å². The predicted molar refractivity (Wildman–Crippen MR) is 136 cm³/mol. The van der Waals surface area contributed by atoms with Crippen molar-refractivity contribution in [3.8, 4) is 11.8 Å². The Labute approximate surface area is 213 Å². The predicted octanol–water partition coefficient (Wildman–Crippen LogP) is 5.34. The number of nitriles is 1. The van der Waals surface area contributed by atoms with Gasteiger partial charge in [-0.1, -0.05) is 12.1 Å². The van der Waals surface area contributed by atoms with Gasteiger partial charge in [0.05, 0.1) is 24.7 Å². The third kappa shape index (κ3) is 4.24. The number of rotatable bonds is 4. The lowest BCUT2D eigenvalue weighted by atomic mass is 9.76. The van der Waals surface area contributed by atoms with Crippen molar-refractivity contribution in [1.82, 2.24) is 4.90 Å². The molecule has 8 heteroatoms. The Morgan fingerprint density at radius 1 is 1.22 bits per heavy atom. The molecule has 0 aromatic heterocycles. The summed E-state index contributed by atoms with van der Waals surface area (Å²) in [5, 5.41) is 9.91. The first-order valence-corrected chi connectivity index (χ1v) is 12.2. The van der Waals surface area contributed by atoms with Crippen LogP contribution in [0.15, 0.2) is 59.1 Å². The van der Waals surface area contributed by atoms with E-state index in [1.165, 1.54) is 12.1 Å². The van der Waals surface area contributed by atoms with Crippen LogP contribution in [-0.4, -0.2) is 17.7 Å². The molecule has 0 radical (unpaired) electrons. The summed E-state index contributed by atoms with van der Waals surface area (Å²) in [7, 11) is 1.82. The van der Waals surface area contributed by atoms with Gasteiger partial charge in [-0.3, -0.25) is 4.79 Å². The smallest absolute Gasteiger partial charge is 0.161 e. The molecule has 164 valence electrons. The maximum absolute atomic E-state index is 13.1. The van der Waals surface area contributed by atoms with Gasteiger partial charge in [0.25, 0.3) is 0 Å². The molecular weight excluding hydrogens is 635 g/mol. The van der Waals surface area contributed by atoms with Gasteiger partial charge in [-0.2, -0.15) is 5.26 Å². The first-order chi connectivity index (χ1) is 15.3. The number of carbonyl (C=O) groups excluding carboxylic acids is 1. The Morgan fingerprint density at radius 2 is 1.88 bits per heavy atom. The minimum Gasteiger partial charge on any atom is -0.487 e. The summed E-state index contributed by atoms with van der Waals surface area (Å²) in [5.41, 5.74) is 10.0. The van der Waals surface area contributed by atoms with E-state index in [0.717, 1.165) is 36.8 Å². The maximum Gasteiger partial charge on any atom is 0.161 e. The lowest BCUT2D eigenvalue weighted by molar-refractivity contribution is -0.116. The third-order valence-corrected chi connectivity index (χ3v) is 7.42. The molecule has 1 aliphatic heterocycles. The summed E-state index contributed by atoms with van der Waals surface area (Å²) in [4.78, 5) is 14.7. The van der Waals surface area contributed by atoms with Gasteiger partial charge in [0.15, 0.2) is 5.78 Å². The number of hydrogen-bond acceptors (Lipinski definition) is 5. The molecular formula is C24H20FI2N3O2. The highest BCUT2D eigenvalue weighted by atomic mass is 127. The van der Waals surface area contributed by atoms with Gasteiger partial charge in [0.2, 0.25) is 0 Å². The molecule has 4 rings (SSSR count). The van der Waals surface area contributed by atoms with Gasteiger partial charge in [-0.05, 0) is 93.4 Å². The summed E-state index contributed by atoms with van der Waals surface area (Å²) < 4.78 is 20.9. The van der Waals surface area contributed by atoms with Gasteiger partial charge >= 0.3 is 0 Å². The molecule has 0 fully saturated rings. The molecule has 1 heterocycles. The quantitative estimate of drug-likeness (QED) is 0.450. The van der Waals surface area contributed by atoms with Gasteiger partial charge in [-0.25, -0.2) is 4.39 Å². The second kappa shape index (κ2) is 9.39. The van der Waals surface area contributed by atoms with E-state index in [9.17, 15) is 14.4 Å². The molecule has 2 N–H and O–H groups in total. The number of halogens is 3. The van der Waals surface area contributed by atoms with E-state index in [4.69, 9.17) is 10.5 Å². The summed E-state index contributed by atoms with van der Waals surface area (Å²) in [6.07, 6.45) is 2.03. The lowest BCUT2D eigenvalue weighted by Gasteiger charge is -2.37. The van der Waals surface area contributed by atoms with Crippen molar-refractivity contribution in [2.24, 2.45) is 5.73 Å². The maximum atomic E-state index is 13.1. The molecule has 1 atom stereocenters. The minimum absolute atomic E-state index is 0.0741. The lowest BCUT2D eigenvalue weighted by Crippen LogP contribution is -2.36. The molecule has 0 unspecified atom stereocenters. The third-order valence-electron chi connectivity index (χ3n) is 5.82. The van der Waals surface area contributed by atoms with E-state index < -0.39 is 5.92 Å². The van der Waals surface area contributed by atoms with Crippen LogP contribution < -0.4 is 10.5 Å². The fourth-order valence-corrected chi connectivity index (χ4v) is 6.34. The van der Waals surface area contributed by atoms with Crippen LogP contribution >= 0.6 is 45.2 Å². The summed E-state index contributed by atoms with van der Waals surface area (Å²) in [6.45, 7) is 0.309. The zero-order chi connectivity index (χ0) is 23.0. The van der Waals surface area contributed by atoms with E-state index in [1.807, 2.05) is 19.2 Å². The molecule has 0 saturated carbocycles. The van der Waals surface area contributed by atoms with Crippen LogP contribution in [0.2, 0.25) is 0 Å². The standard InChI is InChI=1S/C24H20FI2N3O2/c1-30-19-3-2-4-20(31)22(19)21(16(11-28)24(30)29)14-9-17(26)23(18(27)10-14)32-12-13-5-7-15(25)8-6-13/h5-10,21H,2-4,12,29H2,1H3/t21-/m0/s1. The van der Waals surface area contributed by atoms with Crippen molar-refractivity contribution in [1.29, 1.82) is 5.26 Å². The van der Waals surface area contributed by atoms with Gasteiger partial charge < -0.3 is 15.4 Å². The van der Waals surface area contributed by atoms with Crippen molar-refractivity contribution in [3.63, 3.8) is 0 Å². The molecule has 5 nitrogen and oxygen atoms in total. The average molecular weight is 655 g/mol. The first kappa shape index (κ1) is 23.0. The fraction of sp³-hybridized carbons (Fsp3) is 0.250. The van der Waals surface area contributed by atoms with Gasteiger partial charge in [0, 0.05) is 24.7 Å². The van der Waals surface area contributed by atoms with Crippen LogP contribution in [0.3, 0.4) is 0 Å². The van der Waals surface area contributed by atoms with Crippen LogP contribution in [0.1, 0.15) is 36.3 Å². The number of benzene rings is 2. The van der Waals surface area contributed by atoms with E-state index in [2.05, 4.69) is 51.3 Å². The van der Waals surface area contributed by atoms with Crippen molar-refractivity contribution >= 4 is 51.0 Å². The number of Topliss-reactive ketones (excluding diaryl/α,β-unsaturated/α-hetero) is 1. The molecule has 2 aromatic rings. The second-order valence-corrected chi connectivity index (χ2v) is 10.1. The number of ketones is 1. The molecule has 0 bridgehead atoms. The van der Waals surface area contributed by atoms with Gasteiger partial charge in [-0.15, -0.1) is 0 Å². The largest absolute Gasteiger partial charge is 0.487 e. The van der Waals surface area contributed by atoms with Crippen molar-refractivity contribution in [2.45, 2.75) is 31.8 Å². The molecule has 2 aromatic carbocycles. The Morgan fingerprint density at radius 3 is 2.50 bits per heavy atom. The van der Waals surface area contributed by atoms with Crippen LogP contribution in [0.5, 0.6) is 5.75 Å².